The quantitative estimate of drug-likeness (QED) is 0.502. The first-order valence-electron chi connectivity index (χ1n) is 8.56. The van der Waals surface area contributed by atoms with Crippen LogP contribution in [0.4, 0.5) is 11.1 Å². The number of rotatable bonds is 4. The highest BCUT2D eigenvalue weighted by molar-refractivity contribution is 7.13. The van der Waals surface area contributed by atoms with Crippen LogP contribution in [0.3, 0.4) is 0 Å². The molecule has 0 aliphatic rings. The highest BCUT2D eigenvalue weighted by Crippen LogP contribution is 2.31. The molecule has 0 spiro atoms. The van der Waals surface area contributed by atoms with Crippen LogP contribution in [0.15, 0.2) is 60.4 Å². The second-order valence-electron chi connectivity index (χ2n) is 6.04. The molecule has 9 heteroatoms. The third kappa shape index (κ3) is 2.97. The van der Waals surface area contributed by atoms with Crippen LogP contribution in [0.1, 0.15) is 5.69 Å². The minimum Gasteiger partial charge on any atom is -0.299 e. The molecule has 5 rings (SSSR count). The fourth-order valence-corrected chi connectivity index (χ4v) is 3.41. The summed E-state index contributed by atoms with van der Waals surface area (Å²) in [6.45, 7) is 1.97. The average molecular weight is 386 g/mol. The van der Waals surface area contributed by atoms with Crippen molar-refractivity contribution in [3.05, 3.63) is 66.1 Å². The van der Waals surface area contributed by atoms with Gasteiger partial charge in [0, 0.05) is 18.1 Å². The molecule has 5 aromatic rings. The van der Waals surface area contributed by atoms with E-state index in [0.29, 0.717) is 11.1 Å². The zero-order chi connectivity index (χ0) is 18.9. The second kappa shape index (κ2) is 6.78. The number of nitrogens with one attached hydrogen (secondary N) is 1. The number of aryl methyl sites for hydroxylation is 1. The molecule has 5 heterocycles. The Morgan fingerprint density at radius 1 is 0.964 bits per heavy atom. The Bertz CT molecular complexity index is 1260. The van der Waals surface area contributed by atoms with Crippen LogP contribution in [0.2, 0.25) is 0 Å². The molecular weight excluding hydrogens is 372 g/mol. The molecule has 0 fully saturated rings. The van der Waals surface area contributed by atoms with Crippen LogP contribution < -0.4 is 5.32 Å². The fourth-order valence-electron chi connectivity index (χ4n) is 2.97. The maximum absolute atomic E-state index is 4.81. The van der Waals surface area contributed by atoms with Gasteiger partial charge in [-0.25, -0.2) is 15.0 Å². The third-order valence-electron chi connectivity index (χ3n) is 4.14. The Hall–Kier alpha value is -3.72. The van der Waals surface area contributed by atoms with Gasteiger partial charge < -0.3 is 0 Å². The first-order valence-corrected chi connectivity index (χ1v) is 9.43. The van der Waals surface area contributed by atoms with Gasteiger partial charge in [0.25, 0.3) is 0 Å². The third-order valence-corrected chi connectivity index (χ3v) is 4.74. The lowest BCUT2D eigenvalue weighted by Crippen LogP contribution is -2.00. The zero-order valence-electron chi connectivity index (χ0n) is 14.8. The lowest BCUT2D eigenvalue weighted by Gasteiger charge is -2.07. The van der Waals surface area contributed by atoms with Crippen LogP contribution in [0.5, 0.6) is 0 Å². The fraction of sp³-hybridized carbons (Fsp3) is 0.0526. The number of pyridine rings is 2. The van der Waals surface area contributed by atoms with E-state index in [1.54, 1.807) is 11.7 Å². The van der Waals surface area contributed by atoms with E-state index >= 15 is 0 Å². The van der Waals surface area contributed by atoms with Gasteiger partial charge in [-0.1, -0.05) is 23.5 Å². The predicted molar refractivity (Wildman–Crippen MR) is 107 cm³/mol. The number of imidazole rings is 1. The SMILES string of the molecule is Cc1cccc(-c2nc3ccccn3c2-c2ccnc(Nc3nncs3)n2)n1. The van der Waals surface area contributed by atoms with Crippen molar-refractivity contribution in [3.63, 3.8) is 0 Å². The summed E-state index contributed by atoms with van der Waals surface area (Å²) < 4.78 is 2.01. The minimum absolute atomic E-state index is 0.447. The topological polar surface area (TPSA) is 93.8 Å². The van der Waals surface area contributed by atoms with E-state index in [4.69, 9.17) is 4.98 Å². The molecule has 0 saturated carbocycles. The van der Waals surface area contributed by atoms with Gasteiger partial charge in [-0.3, -0.25) is 14.7 Å². The molecule has 0 unspecified atom stereocenters. The molecule has 0 bridgehead atoms. The maximum atomic E-state index is 4.81. The summed E-state index contributed by atoms with van der Waals surface area (Å²) in [4.78, 5) is 18.4. The Labute approximate surface area is 164 Å². The van der Waals surface area contributed by atoms with Gasteiger partial charge in [0.1, 0.15) is 22.5 Å². The normalized spacial score (nSPS) is 11.0. The molecular formula is C19H14N8S. The van der Waals surface area contributed by atoms with Crippen molar-refractivity contribution >= 4 is 28.1 Å². The first kappa shape index (κ1) is 16.5. The lowest BCUT2D eigenvalue weighted by atomic mass is 10.1. The molecule has 1 N–H and O–H groups in total. The summed E-state index contributed by atoms with van der Waals surface area (Å²) in [5.74, 6) is 0.447. The van der Waals surface area contributed by atoms with Crippen molar-refractivity contribution in [1.29, 1.82) is 0 Å². The van der Waals surface area contributed by atoms with Gasteiger partial charge in [0.15, 0.2) is 0 Å². The summed E-state index contributed by atoms with van der Waals surface area (Å²) in [5, 5.41) is 11.5. The maximum Gasteiger partial charge on any atom is 0.229 e. The zero-order valence-corrected chi connectivity index (χ0v) is 15.6. The van der Waals surface area contributed by atoms with Gasteiger partial charge in [0.05, 0.1) is 11.4 Å². The second-order valence-corrected chi connectivity index (χ2v) is 6.87. The van der Waals surface area contributed by atoms with E-state index in [1.165, 1.54) is 11.3 Å². The number of anilines is 2. The molecule has 5 aromatic heterocycles. The van der Waals surface area contributed by atoms with Crippen molar-refractivity contribution in [2.45, 2.75) is 6.92 Å². The van der Waals surface area contributed by atoms with Gasteiger partial charge in [0.2, 0.25) is 11.1 Å². The summed E-state index contributed by atoms with van der Waals surface area (Å²) in [6, 6.07) is 13.7. The lowest BCUT2D eigenvalue weighted by molar-refractivity contribution is 1.07. The van der Waals surface area contributed by atoms with Gasteiger partial charge in [-0.15, -0.1) is 10.2 Å². The van der Waals surface area contributed by atoms with E-state index in [2.05, 4.69) is 30.5 Å². The number of hydrogen-bond donors (Lipinski definition) is 1. The largest absolute Gasteiger partial charge is 0.299 e. The molecule has 0 aromatic carbocycles. The van der Waals surface area contributed by atoms with Crippen LogP contribution in [0.25, 0.3) is 28.4 Å². The highest BCUT2D eigenvalue weighted by Gasteiger charge is 2.18. The summed E-state index contributed by atoms with van der Waals surface area (Å²) in [5.41, 5.74) is 6.58. The first-order chi connectivity index (χ1) is 13.8. The predicted octanol–water partition coefficient (Wildman–Crippen LogP) is 3.76. The van der Waals surface area contributed by atoms with Crippen LogP contribution >= 0.6 is 11.3 Å². The van der Waals surface area contributed by atoms with E-state index in [9.17, 15) is 0 Å². The molecule has 136 valence electrons. The highest BCUT2D eigenvalue weighted by atomic mass is 32.1. The molecule has 0 aliphatic heterocycles. The Kier molecular flexibility index (Phi) is 3.99. The Morgan fingerprint density at radius 2 is 1.93 bits per heavy atom. The van der Waals surface area contributed by atoms with E-state index < -0.39 is 0 Å². The monoisotopic (exact) mass is 386 g/mol. The standard InChI is InChI=1S/C19H14N8S/c1-12-5-4-6-13(22-12)16-17(27-10-3-2-7-15(27)24-16)14-8-9-20-18(23-14)25-19-26-21-11-28-19/h2-11H,1H3,(H,20,23,25,26). The molecule has 0 radical (unpaired) electrons. The number of hydrogen-bond acceptors (Lipinski definition) is 8. The molecule has 0 atom stereocenters. The van der Waals surface area contributed by atoms with Crippen molar-refractivity contribution in [2.75, 3.05) is 5.32 Å². The number of fused-ring (bicyclic) bond motifs is 1. The van der Waals surface area contributed by atoms with Gasteiger partial charge in [-0.2, -0.15) is 0 Å². The van der Waals surface area contributed by atoms with Gasteiger partial charge >= 0.3 is 0 Å². The van der Waals surface area contributed by atoms with Crippen LogP contribution in [-0.4, -0.2) is 34.5 Å². The molecule has 0 amide bonds. The molecule has 0 aliphatic carbocycles. The summed E-state index contributed by atoms with van der Waals surface area (Å²) in [6.07, 6.45) is 3.68. The molecule has 28 heavy (non-hydrogen) atoms. The Balaban J connectivity index is 1.69. The number of nitrogens with zero attached hydrogens (tertiary/aromatic N) is 7. The van der Waals surface area contributed by atoms with E-state index in [-0.39, 0.29) is 0 Å². The molecule has 8 nitrogen and oxygen atoms in total. The summed E-state index contributed by atoms with van der Waals surface area (Å²) >= 11 is 1.38. The van der Waals surface area contributed by atoms with Crippen molar-refractivity contribution < 1.29 is 0 Å². The Morgan fingerprint density at radius 3 is 2.79 bits per heavy atom. The van der Waals surface area contributed by atoms with Crippen LogP contribution in [0, 0.1) is 6.92 Å². The van der Waals surface area contributed by atoms with Crippen molar-refractivity contribution in [1.82, 2.24) is 34.5 Å². The van der Waals surface area contributed by atoms with Crippen molar-refractivity contribution in [2.24, 2.45) is 0 Å². The summed E-state index contributed by atoms with van der Waals surface area (Å²) in [7, 11) is 0. The van der Waals surface area contributed by atoms with E-state index in [1.807, 2.05) is 60.0 Å². The van der Waals surface area contributed by atoms with Crippen molar-refractivity contribution in [3.8, 4) is 22.8 Å². The number of aromatic nitrogens is 7. The molecule has 0 saturated heterocycles. The van der Waals surface area contributed by atoms with Crippen LogP contribution in [-0.2, 0) is 0 Å². The van der Waals surface area contributed by atoms with Gasteiger partial charge in [-0.05, 0) is 37.3 Å². The average Bonchev–Trinajstić information content (AvgIpc) is 3.35. The van der Waals surface area contributed by atoms with E-state index in [0.717, 1.165) is 34.1 Å². The minimum atomic E-state index is 0.447. The smallest absolute Gasteiger partial charge is 0.229 e.